The molecule has 0 radical (unpaired) electrons. The Bertz CT molecular complexity index is 840. The van der Waals surface area contributed by atoms with Crippen molar-refractivity contribution in [2.75, 3.05) is 6.61 Å². The molecule has 0 amide bonds. The maximum absolute atomic E-state index is 6.21. The molecule has 0 aliphatic heterocycles. The average Bonchev–Trinajstić information content (AvgIpc) is 3.73. The fourth-order valence-electron chi connectivity index (χ4n) is 5.94. The lowest BCUT2D eigenvalue weighted by molar-refractivity contribution is 0.300. The molecule has 0 saturated heterocycles. The summed E-state index contributed by atoms with van der Waals surface area (Å²) in [5, 5.41) is 0. The topological polar surface area (TPSA) is 35.0 Å². The van der Waals surface area contributed by atoms with Gasteiger partial charge in [0, 0.05) is 11.8 Å². The molecular formula is C32H48N2O. The monoisotopic (exact) mass is 476 g/mol. The zero-order valence-corrected chi connectivity index (χ0v) is 22.2. The molecule has 3 heteroatoms. The lowest BCUT2D eigenvalue weighted by atomic mass is 9.75. The van der Waals surface area contributed by atoms with Crippen molar-refractivity contribution in [3.05, 3.63) is 42.4 Å². The van der Waals surface area contributed by atoms with Gasteiger partial charge in [0.25, 0.3) is 0 Å². The van der Waals surface area contributed by atoms with Gasteiger partial charge in [0.1, 0.15) is 12.1 Å². The first-order valence-corrected chi connectivity index (χ1v) is 14.9. The highest BCUT2D eigenvalue weighted by Gasteiger charge is 2.25. The van der Waals surface area contributed by atoms with Crippen molar-refractivity contribution in [1.82, 2.24) is 9.97 Å². The van der Waals surface area contributed by atoms with Crippen LogP contribution in [0.2, 0.25) is 0 Å². The summed E-state index contributed by atoms with van der Waals surface area (Å²) in [4.78, 5) is 8.75. The normalized spacial score (nSPS) is 20.1. The number of unbranched alkanes of at least 4 members (excludes halogenated alkanes) is 7. The summed E-state index contributed by atoms with van der Waals surface area (Å²) in [6.45, 7) is 3.12. The third-order valence-electron chi connectivity index (χ3n) is 8.36. The minimum atomic E-state index is 0.636. The number of aromatic nitrogens is 2. The summed E-state index contributed by atoms with van der Waals surface area (Å²) in [5.74, 6) is 3.64. The highest BCUT2D eigenvalue weighted by molar-refractivity contribution is 5.66. The van der Waals surface area contributed by atoms with Crippen molar-refractivity contribution in [3.8, 4) is 17.0 Å². The fourth-order valence-corrected chi connectivity index (χ4v) is 5.94. The molecule has 4 rings (SSSR count). The second kappa shape index (κ2) is 14.6. The first kappa shape index (κ1) is 26.2. The molecule has 2 aliphatic carbocycles. The van der Waals surface area contributed by atoms with Gasteiger partial charge in [-0.2, -0.15) is 0 Å². The van der Waals surface area contributed by atoms with E-state index in [0.717, 1.165) is 36.3 Å². The third kappa shape index (κ3) is 8.92. The zero-order chi connectivity index (χ0) is 24.1. The Kier molecular flexibility index (Phi) is 10.9. The molecule has 2 aliphatic rings. The van der Waals surface area contributed by atoms with Gasteiger partial charge >= 0.3 is 0 Å². The average molecular weight is 477 g/mol. The van der Waals surface area contributed by atoms with E-state index >= 15 is 0 Å². The Balaban J connectivity index is 1.26. The van der Waals surface area contributed by atoms with Gasteiger partial charge in [0.15, 0.2) is 0 Å². The van der Waals surface area contributed by atoms with E-state index in [1.807, 2.05) is 12.3 Å². The van der Waals surface area contributed by atoms with Crippen LogP contribution in [-0.4, -0.2) is 16.6 Å². The number of hydrogen-bond donors (Lipinski definition) is 0. The van der Waals surface area contributed by atoms with Crippen LogP contribution < -0.4 is 4.74 Å². The maximum atomic E-state index is 6.21. The minimum Gasteiger partial charge on any atom is -0.494 e. The van der Waals surface area contributed by atoms with Gasteiger partial charge in [-0.25, -0.2) is 9.97 Å². The van der Waals surface area contributed by atoms with Gasteiger partial charge in [0.05, 0.1) is 12.3 Å². The molecule has 0 spiro atoms. The first-order valence-electron chi connectivity index (χ1n) is 14.9. The van der Waals surface area contributed by atoms with Crippen LogP contribution in [0.5, 0.6) is 5.75 Å². The van der Waals surface area contributed by atoms with E-state index in [4.69, 9.17) is 4.74 Å². The molecule has 3 nitrogen and oxygen atoms in total. The van der Waals surface area contributed by atoms with Crippen molar-refractivity contribution in [3.63, 3.8) is 0 Å². The van der Waals surface area contributed by atoms with Gasteiger partial charge in [-0.05, 0) is 73.6 Å². The van der Waals surface area contributed by atoms with E-state index in [1.165, 1.54) is 114 Å². The Labute approximate surface area is 214 Å². The van der Waals surface area contributed by atoms with Crippen LogP contribution in [0.15, 0.2) is 36.8 Å². The Morgan fingerprint density at radius 1 is 0.771 bits per heavy atom. The van der Waals surface area contributed by atoms with Crippen molar-refractivity contribution >= 4 is 0 Å². The molecule has 0 atom stereocenters. The van der Waals surface area contributed by atoms with Crippen molar-refractivity contribution in [2.45, 2.75) is 122 Å². The van der Waals surface area contributed by atoms with E-state index in [2.05, 4.69) is 35.1 Å². The molecule has 0 unspecified atom stereocenters. The van der Waals surface area contributed by atoms with Crippen LogP contribution in [0.4, 0.5) is 0 Å². The number of ether oxygens (including phenoxy) is 1. The maximum Gasteiger partial charge on any atom is 0.119 e. The quantitative estimate of drug-likeness (QED) is 0.226. The highest BCUT2D eigenvalue weighted by Crippen LogP contribution is 2.42. The zero-order valence-electron chi connectivity index (χ0n) is 22.2. The van der Waals surface area contributed by atoms with Crippen LogP contribution >= 0.6 is 0 Å². The van der Waals surface area contributed by atoms with Crippen molar-refractivity contribution < 1.29 is 4.74 Å². The smallest absolute Gasteiger partial charge is 0.119 e. The first-order chi connectivity index (χ1) is 17.3. The summed E-state index contributed by atoms with van der Waals surface area (Å²) in [6, 6.07) is 8.81. The molecule has 1 aromatic carbocycles. The van der Waals surface area contributed by atoms with E-state index in [-0.39, 0.29) is 0 Å². The molecule has 0 N–H and O–H groups in total. The Morgan fingerprint density at radius 2 is 1.46 bits per heavy atom. The second-order valence-electron chi connectivity index (χ2n) is 11.3. The predicted octanol–water partition coefficient (Wildman–Crippen LogP) is 9.52. The molecule has 0 bridgehead atoms. The predicted molar refractivity (Wildman–Crippen MR) is 147 cm³/mol. The molecule has 192 valence electrons. The van der Waals surface area contributed by atoms with E-state index in [1.54, 1.807) is 6.33 Å². The lowest BCUT2D eigenvalue weighted by Crippen LogP contribution is -2.14. The van der Waals surface area contributed by atoms with E-state index < -0.39 is 0 Å². The molecule has 1 heterocycles. The van der Waals surface area contributed by atoms with Gasteiger partial charge in [-0.3, -0.25) is 0 Å². The fraction of sp³-hybridized carbons (Fsp3) is 0.688. The minimum absolute atomic E-state index is 0.636. The molecule has 2 aromatic rings. The standard InChI is InChI=1S/C32H48N2O/c1-2-3-8-11-27-15-17-28(18-16-27)30-20-19-29(24-31(30)32-21-22-33-25-34-32)35-23-10-7-5-4-6-9-12-26-13-14-26/h19-22,24-28H,2-18,23H2,1H3. The lowest BCUT2D eigenvalue weighted by Gasteiger charge is -2.30. The SMILES string of the molecule is CCCCCC1CCC(c2ccc(OCCCCCCCCC3CC3)cc2-c2ccncn2)CC1. The van der Waals surface area contributed by atoms with E-state index in [0.29, 0.717) is 5.92 Å². The Morgan fingerprint density at radius 3 is 2.14 bits per heavy atom. The van der Waals surface area contributed by atoms with Crippen LogP contribution in [0.25, 0.3) is 11.3 Å². The molecular weight excluding hydrogens is 428 g/mol. The van der Waals surface area contributed by atoms with Crippen LogP contribution in [0.1, 0.15) is 128 Å². The molecule has 2 saturated carbocycles. The van der Waals surface area contributed by atoms with Crippen LogP contribution in [-0.2, 0) is 0 Å². The van der Waals surface area contributed by atoms with Gasteiger partial charge in [0.2, 0.25) is 0 Å². The van der Waals surface area contributed by atoms with Crippen LogP contribution in [0.3, 0.4) is 0 Å². The largest absolute Gasteiger partial charge is 0.494 e. The number of rotatable bonds is 16. The van der Waals surface area contributed by atoms with Gasteiger partial charge < -0.3 is 4.74 Å². The summed E-state index contributed by atoms with van der Waals surface area (Å²) >= 11 is 0. The third-order valence-corrected chi connectivity index (χ3v) is 8.36. The Hall–Kier alpha value is -1.90. The summed E-state index contributed by atoms with van der Waals surface area (Å²) in [5.41, 5.74) is 3.72. The number of nitrogens with zero attached hydrogens (tertiary/aromatic N) is 2. The number of hydrogen-bond acceptors (Lipinski definition) is 3. The van der Waals surface area contributed by atoms with Gasteiger partial charge in [-0.15, -0.1) is 0 Å². The second-order valence-corrected chi connectivity index (χ2v) is 11.3. The molecule has 2 fully saturated rings. The molecule has 1 aromatic heterocycles. The van der Waals surface area contributed by atoms with E-state index in [9.17, 15) is 0 Å². The summed E-state index contributed by atoms with van der Waals surface area (Å²) < 4.78 is 6.21. The van der Waals surface area contributed by atoms with Crippen LogP contribution in [0, 0.1) is 11.8 Å². The summed E-state index contributed by atoms with van der Waals surface area (Å²) in [7, 11) is 0. The molecule has 35 heavy (non-hydrogen) atoms. The van der Waals surface area contributed by atoms with Crippen molar-refractivity contribution in [1.29, 1.82) is 0 Å². The number of benzene rings is 1. The summed E-state index contributed by atoms with van der Waals surface area (Å²) in [6.07, 6.45) is 26.9. The van der Waals surface area contributed by atoms with Gasteiger partial charge in [-0.1, -0.05) is 90.0 Å². The van der Waals surface area contributed by atoms with Crippen molar-refractivity contribution in [2.24, 2.45) is 11.8 Å². The highest BCUT2D eigenvalue weighted by atomic mass is 16.5.